The Balaban J connectivity index is 0.000000118. The topological polar surface area (TPSA) is 273 Å². The summed E-state index contributed by atoms with van der Waals surface area (Å²) in [6.45, 7) is 6.70. The maximum Gasteiger partial charge on any atom is 0.519 e. The van der Waals surface area contributed by atoms with Gasteiger partial charge in [-0.15, -0.1) is 0 Å². The van der Waals surface area contributed by atoms with Crippen LogP contribution in [0.4, 0.5) is 43.4 Å². The van der Waals surface area contributed by atoms with Crippen LogP contribution in [0.1, 0.15) is 140 Å². The summed E-state index contributed by atoms with van der Waals surface area (Å²) >= 11 is 0. The molecule has 0 N–H and O–H groups in total. The summed E-state index contributed by atoms with van der Waals surface area (Å²) in [5.41, 5.74) is 7.43. The average Bonchev–Trinajstić information content (AvgIpc) is 1.56. The molecule has 12 aliphatic heterocycles. The first kappa shape index (κ1) is 86.9. The number of benzene rings is 8. The van der Waals surface area contributed by atoms with E-state index >= 15 is 13.2 Å². The second-order valence-corrected chi connectivity index (χ2v) is 34.5. The van der Waals surface area contributed by atoms with E-state index in [0.29, 0.717) is 69.4 Å². The molecular weight excluding hydrogens is 1770 g/mol. The van der Waals surface area contributed by atoms with Crippen molar-refractivity contribution in [1.29, 1.82) is 0 Å². The number of morpholine rings is 6. The fourth-order valence-corrected chi connectivity index (χ4v) is 21.2. The number of para-hydroxylation sites is 3. The highest BCUT2D eigenvalue weighted by atomic mass is 19.2. The van der Waals surface area contributed by atoms with Gasteiger partial charge in [0.25, 0.3) is 17.7 Å². The zero-order chi connectivity index (χ0) is 93.0. The van der Waals surface area contributed by atoms with E-state index in [0.717, 1.165) is 63.1 Å². The highest BCUT2D eigenvalue weighted by molar-refractivity contribution is 5.98. The van der Waals surface area contributed by atoms with Gasteiger partial charge in [0.15, 0.2) is 80.8 Å². The summed E-state index contributed by atoms with van der Waals surface area (Å²) in [5, 5.41) is 5.75. The van der Waals surface area contributed by atoms with Crippen molar-refractivity contribution in [3.8, 4) is 17.2 Å². The van der Waals surface area contributed by atoms with Gasteiger partial charge in [-0.2, -0.15) is 0 Å². The summed E-state index contributed by atoms with van der Waals surface area (Å²) in [6.07, 6.45) is 2.66. The molecule has 12 aromatic rings. The Hall–Kier alpha value is -14.4. The molecule has 16 heterocycles. The monoisotopic (exact) mass is 1860 g/mol. The first-order chi connectivity index (χ1) is 66.4. The Labute approximate surface area is 771 Å². The number of carbonyl (C=O) groups excluding carboxylic acids is 3. The number of rotatable bonds is 12. The lowest BCUT2D eigenvalue weighted by Crippen LogP contribution is -2.66. The van der Waals surface area contributed by atoms with Gasteiger partial charge in [-0.05, 0) is 71.1 Å². The van der Waals surface area contributed by atoms with Gasteiger partial charge < -0.3 is 80.9 Å². The van der Waals surface area contributed by atoms with E-state index < -0.39 is 118 Å². The molecule has 0 bridgehead atoms. The smallest absolute Gasteiger partial charge is 0.482 e. The van der Waals surface area contributed by atoms with Gasteiger partial charge in [0.1, 0.15) is 56.4 Å². The number of hydrogen-bond acceptors (Lipinski definition) is 24. The number of amides is 3. The van der Waals surface area contributed by atoms with E-state index in [1.54, 1.807) is 59.3 Å². The molecule has 36 heteroatoms. The lowest BCUT2D eigenvalue weighted by molar-refractivity contribution is -0.0199. The van der Waals surface area contributed by atoms with Crippen LogP contribution in [0.2, 0.25) is 0 Å². The Morgan fingerprint density at radius 3 is 0.926 bits per heavy atom. The third-order valence-electron chi connectivity index (χ3n) is 27.3. The molecular formula is C100H88F6N12O18. The predicted molar refractivity (Wildman–Crippen MR) is 478 cm³/mol. The molecule has 0 spiro atoms. The van der Waals surface area contributed by atoms with Crippen molar-refractivity contribution < 1.29 is 92.2 Å². The number of aromatic nitrogens is 3. The quantitative estimate of drug-likeness (QED) is 0.103. The van der Waals surface area contributed by atoms with Gasteiger partial charge in [-0.25, -0.2) is 31.1 Å². The molecule has 9 atom stereocenters. The summed E-state index contributed by atoms with van der Waals surface area (Å²) in [7, 11) is 0. The van der Waals surface area contributed by atoms with Crippen LogP contribution >= 0.6 is 0 Å². The predicted octanol–water partition coefficient (Wildman–Crippen LogP) is 11.3. The summed E-state index contributed by atoms with van der Waals surface area (Å²) < 4.78 is 161. The molecule has 30 nitrogen and oxygen atoms in total. The number of ether oxygens (including phenoxy) is 9. The van der Waals surface area contributed by atoms with Crippen molar-refractivity contribution in [1.82, 2.24) is 28.7 Å². The maximum atomic E-state index is 16.0. The van der Waals surface area contributed by atoms with Crippen molar-refractivity contribution >= 4 is 34.8 Å². The number of nitrogens with zero attached hydrogens (tertiary/aromatic N) is 12. The van der Waals surface area contributed by atoms with Crippen molar-refractivity contribution in [2.24, 2.45) is 0 Å². The number of carbonyl (C=O) groups is 3. The molecule has 24 rings (SSSR count). The number of fused-ring (bicyclic) bond motifs is 21. The van der Waals surface area contributed by atoms with Gasteiger partial charge in [-0.1, -0.05) is 133 Å². The van der Waals surface area contributed by atoms with Gasteiger partial charge in [0.05, 0.1) is 97.4 Å². The molecule has 6 fully saturated rings. The Morgan fingerprint density at radius 2 is 0.610 bits per heavy atom. The second kappa shape index (κ2) is 35.8. The molecule has 12 aliphatic rings. The first-order valence-corrected chi connectivity index (χ1v) is 45.0. The Bertz CT molecular complexity index is 6720. The highest BCUT2D eigenvalue weighted by Gasteiger charge is 2.54. The van der Waals surface area contributed by atoms with Gasteiger partial charge in [-0.3, -0.25) is 57.8 Å². The second-order valence-electron chi connectivity index (χ2n) is 34.5. The van der Waals surface area contributed by atoms with Crippen LogP contribution in [0, 0.1) is 41.8 Å². The molecule has 136 heavy (non-hydrogen) atoms. The third-order valence-corrected chi connectivity index (χ3v) is 27.3. The van der Waals surface area contributed by atoms with E-state index in [4.69, 9.17) is 51.5 Å². The normalized spacial score (nSPS) is 22.0. The summed E-state index contributed by atoms with van der Waals surface area (Å²) in [4.78, 5) is 105. The molecule has 698 valence electrons. The maximum absolute atomic E-state index is 16.0. The number of pyridine rings is 3. The van der Waals surface area contributed by atoms with Crippen molar-refractivity contribution in [3.05, 3.63) is 373 Å². The van der Waals surface area contributed by atoms with Crippen molar-refractivity contribution in [3.63, 3.8) is 0 Å². The number of aryl methyl sites for hydroxylation is 1. The number of hydrogen-bond donors (Lipinski definition) is 0. The molecule has 0 aliphatic carbocycles. The zero-order valence-corrected chi connectivity index (χ0v) is 73.2. The van der Waals surface area contributed by atoms with Gasteiger partial charge in [0.2, 0.25) is 16.3 Å². The minimum Gasteiger partial charge on any atom is -0.482 e. The fraction of sp³-hybridized carbons (Fsp3) is 0.310. The van der Waals surface area contributed by atoms with E-state index in [1.165, 1.54) is 31.3 Å². The SMILES string of the molecule is Cc1oc(=O)oc1COc1c2n(ccc1=O)N([C@@H]1c3ccccc3N3CCOCC3c3c1ccc(F)c3F)[C@@H]1COCCN1C2=O.O=C1c2c(OCc3ccccc3)c(=O)ccn2N(C2c3ccccc3N3CCOCC3c3c2ccc(F)c3F)C2COCCN12.O=C1c2c(OCc3ccccc3)c(=O)ccn2N([C@@H]2c3ccccc3N3CCOCC3c3c2ccc(F)c3F)[C@@H]2COCCN12. The fourth-order valence-electron chi connectivity index (χ4n) is 21.2. The Morgan fingerprint density at radius 1 is 0.316 bits per heavy atom. The van der Waals surface area contributed by atoms with E-state index in [9.17, 15) is 46.7 Å². The average molecular weight is 1860 g/mol. The zero-order valence-electron chi connectivity index (χ0n) is 73.2. The molecule has 6 saturated heterocycles. The van der Waals surface area contributed by atoms with Crippen LogP contribution in [0.15, 0.2) is 235 Å². The lowest BCUT2D eigenvalue weighted by atomic mass is 9.91. The standard InChI is InChI=1S/2C34H30F2N4O5.C32H28F2N4O8/c2*35-24-11-10-23-29(30(24)36)26-19-43-16-14-37(26)25-9-5-4-8-22(25)31(23)40-28-20-44-17-15-38(28)34(42)32-33(27(41)12-13-39(32)40)45-18-21-6-2-1-3-7-21;1-17-24(46-32(41)45-17)15-44-30-23(39)8-9-37-29(30)31(40)36-11-13-43-16-25(36)38(37)28-18-4-2-3-5-21(18)35-10-12-42-14-22(35)26-19(28)6-7-20(33)27(26)34/h2*1-13,26,28,31H,14-20H2;2-9,22,25,28H,10-16H2,1H3/t26?,28-,31-;;22?,25-,28-/m1.1/s1. The van der Waals surface area contributed by atoms with Crippen LogP contribution in [0.3, 0.4) is 0 Å². The largest absolute Gasteiger partial charge is 0.519 e. The van der Waals surface area contributed by atoms with Gasteiger partial charge in [0, 0.05) is 127 Å². The molecule has 0 saturated carbocycles. The van der Waals surface area contributed by atoms with Crippen LogP contribution in [-0.2, 0) is 48.2 Å². The first-order valence-electron chi connectivity index (χ1n) is 45.0. The van der Waals surface area contributed by atoms with Gasteiger partial charge >= 0.3 is 5.82 Å². The molecule has 4 aromatic heterocycles. The van der Waals surface area contributed by atoms with Crippen molar-refractivity contribution in [2.75, 3.05) is 148 Å². The van der Waals surface area contributed by atoms with Crippen LogP contribution in [-0.4, -0.2) is 183 Å². The van der Waals surface area contributed by atoms with Crippen LogP contribution in [0.25, 0.3) is 0 Å². The molecule has 3 amide bonds. The molecule has 8 aromatic carbocycles. The van der Waals surface area contributed by atoms with E-state index in [-0.39, 0.29) is 160 Å². The minimum atomic E-state index is -0.980. The third kappa shape index (κ3) is 14.8. The molecule has 5 unspecified atom stereocenters. The minimum absolute atomic E-state index is 0.0685. The van der Waals surface area contributed by atoms with E-state index in [2.05, 4.69) is 9.80 Å². The van der Waals surface area contributed by atoms with Crippen LogP contribution in [0.5, 0.6) is 17.2 Å². The Kier molecular flexibility index (Phi) is 22.9. The highest BCUT2D eigenvalue weighted by Crippen LogP contribution is 2.53. The summed E-state index contributed by atoms with van der Waals surface area (Å²) in [5.74, 6) is -7.96. The van der Waals surface area contributed by atoms with Crippen molar-refractivity contribution in [2.45, 2.75) is 81.5 Å². The van der Waals surface area contributed by atoms with E-state index in [1.807, 2.05) is 153 Å². The van der Waals surface area contributed by atoms with Crippen LogP contribution < -0.4 is 66.0 Å². The number of halogens is 6. The molecule has 0 radical (unpaired) electrons. The number of anilines is 3. The summed E-state index contributed by atoms with van der Waals surface area (Å²) in [6, 6.07) is 50.3. The lowest BCUT2D eigenvalue weighted by Gasteiger charge is -2.51.